The Kier molecular flexibility index (Phi) is 4.57. The standard InChI is InChI=1S/C14H19BrFN/c1-10(9-17-12-5-3-6-12)8-11-4-2-7-13(16)14(11)15/h2,4,7,10,12,17H,3,5-6,8-9H2,1H3. The molecular formula is C14H19BrFN. The highest BCUT2D eigenvalue weighted by Crippen LogP contribution is 2.23. The van der Waals surface area contributed by atoms with Crippen LogP contribution in [0.1, 0.15) is 31.7 Å². The van der Waals surface area contributed by atoms with Gasteiger partial charge in [0.25, 0.3) is 0 Å². The van der Waals surface area contributed by atoms with Crippen molar-refractivity contribution in [2.24, 2.45) is 5.92 Å². The lowest BCUT2D eigenvalue weighted by Gasteiger charge is -2.28. The first-order valence-corrected chi connectivity index (χ1v) is 7.12. The highest BCUT2D eigenvalue weighted by atomic mass is 79.9. The van der Waals surface area contributed by atoms with E-state index in [4.69, 9.17) is 0 Å². The second-order valence-corrected chi connectivity index (χ2v) is 5.85. The Morgan fingerprint density at radius 3 is 2.88 bits per heavy atom. The van der Waals surface area contributed by atoms with Gasteiger partial charge in [-0.1, -0.05) is 25.5 Å². The van der Waals surface area contributed by atoms with Crippen molar-refractivity contribution in [3.8, 4) is 0 Å². The first-order chi connectivity index (χ1) is 8.16. The molecule has 0 heterocycles. The molecule has 0 saturated heterocycles. The molecule has 0 aromatic heterocycles. The SMILES string of the molecule is CC(CNC1CCC1)Cc1cccc(F)c1Br. The van der Waals surface area contributed by atoms with E-state index in [2.05, 4.69) is 28.2 Å². The molecule has 0 spiro atoms. The lowest BCUT2D eigenvalue weighted by Crippen LogP contribution is -2.38. The summed E-state index contributed by atoms with van der Waals surface area (Å²) >= 11 is 3.32. The molecule has 1 aliphatic rings. The minimum Gasteiger partial charge on any atom is -0.314 e. The van der Waals surface area contributed by atoms with E-state index in [-0.39, 0.29) is 5.82 Å². The number of nitrogens with one attached hydrogen (secondary N) is 1. The maximum Gasteiger partial charge on any atom is 0.137 e. The maximum atomic E-state index is 13.3. The summed E-state index contributed by atoms with van der Waals surface area (Å²) < 4.78 is 14.0. The molecule has 2 rings (SSSR count). The lowest BCUT2D eigenvalue weighted by molar-refractivity contribution is 0.320. The van der Waals surface area contributed by atoms with Gasteiger partial charge < -0.3 is 5.32 Å². The fourth-order valence-electron chi connectivity index (χ4n) is 2.13. The van der Waals surface area contributed by atoms with Crippen LogP contribution in [0.15, 0.2) is 22.7 Å². The van der Waals surface area contributed by atoms with Gasteiger partial charge in [-0.3, -0.25) is 0 Å². The van der Waals surface area contributed by atoms with Crippen LogP contribution in [0.2, 0.25) is 0 Å². The van der Waals surface area contributed by atoms with Crippen LogP contribution in [0.5, 0.6) is 0 Å². The summed E-state index contributed by atoms with van der Waals surface area (Å²) in [7, 11) is 0. The molecule has 1 aromatic rings. The Hall–Kier alpha value is -0.410. The summed E-state index contributed by atoms with van der Waals surface area (Å²) in [5.41, 5.74) is 1.06. The van der Waals surface area contributed by atoms with Crippen LogP contribution >= 0.6 is 15.9 Å². The van der Waals surface area contributed by atoms with Gasteiger partial charge in [-0.2, -0.15) is 0 Å². The summed E-state index contributed by atoms with van der Waals surface area (Å²) in [6.45, 7) is 3.23. The Morgan fingerprint density at radius 1 is 1.47 bits per heavy atom. The highest BCUT2D eigenvalue weighted by molar-refractivity contribution is 9.10. The molecule has 1 aromatic carbocycles. The monoisotopic (exact) mass is 299 g/mol. The zero-order chi connectivity index (χ0) is 12.3. The van der Waals surface area contributed by atoms with Gasteiger partial charge in [-0.15, -0.1) is 0 Å². The van der Waals surface area contributed by atoms with Crippen molar-refractivity contribution in [3.05, 3.63) is 34.1 Å². The second kappa shape index (κ2) is 5.96. The predicted octanol–water partition coefficient (Wildman–Crippen LogP) is 3.91. The van der Waals surface area contributed by atoms with Crippen molar-refractivity contribution in [2.45, 2.75) is 38.6 Å². The van der Waals surface area contributed by atoms with E-state index >= 15 is 0 Å². The van der Waals surface area contributed by atoms with Crippen molar-refractivity contribution in [3.63, 3.8) is 0 Å². The van der Waals surface area contributed by atoms with E-state index in [0.29, 0.717) is 10.4 Å². The average Bonchev–Trinajstić information content (AvgIpc) is 2.23. The molecule has 1 unspecified atom stereocenters. The average molecular weight is 300 g/mol. The van der Waals surface area contributed by atoms with E-state index < -0.39 is 0 Å². The molecule has 17 heavy (non-hydrogen) atoms. The smallest absolute Gasteiger partial charge is 0.137 e. The van der Waals surface area contributed by atoms with Gasteiger partial charge in [0.05, 0.1) is 4.47 Å². The largest absolute Gasteiger partial charge is 0.314 e. The summed E-state index contributed by atoms with van der Waals surface area (Å²) in [6, 6.07) is 5.99. The van der Waals surface area contributed by atoms with Crippen LogP contribution < -0.4 is 5.32 Å². The van der Waals surface area contributed by atoms with Crippen molar-refractivity contribution in [1.29, 1.82) is 0 Å². The van der Waals surface area contributed by atoms with Crippen molar-refractivity contribution >= 4 is 15.9 Å². The van der Waals surface area contributed by atoms with E-state index in [1.807, 2.05) is 6.07 Å². The zero-order valence-corrected chi connectivity index (χ0v) is 11.8. The highest BCUT2D eigenvalue weighted by Gasteiger charge is 2.17. The van der Waals surface area contributed by atoms with Crippen molar-refractivity contribution < 1.29 is 4.39 Å². The normalized spacial score (nSPS) is 17.8. The first kappa shape index (κ1) is 13.0. The van der Waals surface area contributed by atoms with Gasteiger partial charge >= 0.3 is 0 Å². The topological polar surface area (TPSA) is 12.0 Å². The maximum absolute atomic E-state index is 13.3. The number of halogens is 2. The van der Waals surface area contributed by atoms with E-state index in [1.54, 1.807) is 6.07 Å². The van der Waals surface area contributed by atoms with Crippen LogP contribution in [0.3, 0.4) is 0 Å². The van der Waals surface area contributed by atoms with Gasteiger partial charge in [-0.25, -0.2) is 4.39 Å². The molecule has 1 atom stereocenters. The number of benzene rings is 1. The third kappa shape index (κ3) is 3.52. The summed E-state index contributed by atoms with van der Waals surface area (Å²) in [5, 5.41) is 3.56. The van der Waals surface area contributed by atoms with Gasteiger partial charge in [0.2, 0.25) is 0 Å². The fraction of sp³-hybridized carbons (Fsp3) is 0.571. The minimum atomic E-state index is -0.165. The zero-order valence-electron chi connectivity index (χ0n) is 10.2. The van der Waals surface area contributed by atoms with Crippen LogP contribution in [-0.4, -0.2) is 12.6 Å². The van der Waals surface area contributed by atoms with E-state index in [1.165, 1.54) is 25.3 Å². The Bertz CT molecular complexity index is 376. The minimum absolute atomic E-state index is 0.165. The molecule has 1 fully saturated rings. The third-order valence-corrected chi connectivity index (χ3v) is 4.35. The van der Waals surface area contributed by atoms with Gasteiger partial charge in [0.15, 0.2) is 0 Å². The second-order valence-electron chi connectivity index (χ2n) is 5.06. The van der Waals surface area contributed by atoms with Crippen LogP contribution in [-0.2, 0) is 6.42 Å². The molecule has 0 aliphatic heterocycles. The molecule has 0 radical (unpaired) electrons. The van der Waals surface area contributed by atoms with Crippen LogP contribution in [0.25, 0.3) is 0 Å². The van der Waals surface area contributed by atoms with Gasteiger partial charge in [0.1, 0.15) is 5.82 Å². The first-order valence-electron chi connectivity index (χ1n) is 6.33. The van der Waals surface area contributed by atoms with Crippen molar-refractivity contribution in [1.82, 2.24) is 5.32 Å². The molecule has 1 nitrogen and oxygen atoms in total. The molecule has 1 aliphatic carbocycles. The number of hydrogen-bond acceptors (Lipinski definition) is 1. The molecule has 1 saturated carbocycles. The fourth-order valence-corrected chi connectivity index (χ4v) is 2.56. The summed E-state index contributed by atoms with van der Waals surface area (Å²) in [6.07, 6.45) is 4.91. The number of rotatable bonds is 5. The van der Waals surface area contributed by atoms with E-state index in [9.17, 15) is 4.39 Å². The summed E-state index contributed by atoms with van der Waals surface area (Å²) in [5.74, 6) is 0.371. The molecule has 94 valence electrons. The summed E-state index contributed by atoms with van der Waals surface area (Å²) in [4.78, 5) is 0. The van der Waals surface area contributed by atoms with Crippen LogP contribution in [0.4, 0.5) is 4.39 Å². The van der Waals surface area contributed by atoms with Gasteiger partial charge in [-0.05, 0) is 59.3 Å². The molecule has 1 N–H and O–H groups in total. The quantitative estimate of drug-likeness (QED) is 0.869. The molecule has 0 amide bonds. The lowest BCUT2D eigenvalue weighted by atomic mass is 9.92. The van der Waals surface area contributed by atoms with E-state index in [0.717, 1.165) is 24.6 Å². The Labute approximate surface area is 111 Å². The van der Waals surface area contributed by atoms with Crippen molar-refractivity contribution in [2.75, 3.05) is 6.54 Å². The Balaban J connectivity index is 1.84. The van der Waals surface area contributed by atoms with Gasteiger partial charge in [0, 0.05) is 6.04 Å². The molecule has 3 heteroatoms. The third-order valence-electron chi connectivity index (χ3n) is 3.46. The molecule has 0 bridgehead atoms. The predicted molar refractivity (Wildman–Crippen MR) is 72.6 cm³/mol. The van der Waals surface area contributed by atoms with Crippen LogP contribution in [0, 0.1) is 11.7 Å². The number of hydrogen-bond donors (Lipinski definition) is 1. The molecular weight excluding hydrogens is 281 g/mol. The Morgan fingerprint density at radius 2 is 2.24 bits per heavy atom.